The molecule has 13 heavy (non-hydrogen) atoms. The molecule has 1 aromatic rings. The largest absolute Gasteiger partial charge is 0.493 e. The molecular weight excluding hydrogens is 197 g/mol. The Morgan fingerprint density at radius 1 is 1.54 bits per heavy atom. The van der Waals surface area contributed by atoms with E-state index in [-0.39, 0.29) is 4.85 Å². The molecule has 1 heterocycles. The van der Waals surface area contributed by atoms with Crippen molar-refractivity contribution in [2.24, 2.45) is 0 Å². The third-order valence-electron chi connectivity index (χ3n) is 0.846. The van der Waals surface area contributed by atoms with Crippen molar-refractivity contribution in [3.63, 3.8) is 0 Å². The van der Waals surface area contributed by atoms with Gasteiger partial charge in [-0.05, 0) is 15.3 Å². The minimum Gasteiger partial charge on any atom is -0.303 e. The van der Waals surface area contributed by atoms with Crippen LogP contribution in [0.1, 0.15) is 0 Å². The van der Waals surface area contributed by atoms with Gasteiger partial charge in [0.2, 0.25) is 0 Å². The Kier molecular flexibility index (Phi) is 2.04. The third kappa shape index (κ3) is 2.04. The number of carbonyl (C=O) groups excluding carboxylic acids is 1. The van der Waals surface area contributed by atoms with Crippen molar-refractivity contribution < 1.29 is 22.8 Å². The minimum atomic E-state index is -5.18. The van der Waals surface area contributed by atoms with Gasteiger partial charge in [-0.3, -0.25) is 0 Å². The highest BCUT2D eigenvalue weighted by Gasteiger charge is 2.42. The van der Waals surface area contributed by atoms with Gasteiger partial charge in [-0.1, -0.05) is 0 Å². The molecule has 0 saturated heterocycles. The number of tetrazole rings is 1. The van der Waals surface area contributed by atoms with Gasteiger partial charge in [-0.2, -0.15) is 13.2 Å². The number of rotatable bonds is 1. The van der Waals surface area contributed by atoms with Gasteiger partial charge in [0.05, 0.1) is 0 Å². The molecule has 1 N–H and O–H groups in total. The lowest BCUT2D eigenvalue weighted by atomic mass is 10.7. The van der Waals surface area contributed by atoms with Crippen LogP contribution < -0.4 is 10.5 Å². The van der Waals surface area contributed by atoms with Gasteiger partial charge in [0.1, 0.15) is 0 Å². The van der Waals surface area contributed by atoms with E-state index >= 15 is 0 Å². The fraction of sp³-hybridized carbons (Fsp3) is 0.333. The summed E-state index contributed by atoms with van der Waals surface area (Å²) in [4.78, 5) is 23.8. The molecule has 1 aromatic heterocycles. The number of aromatic amines is 1. The molecule has 0 fully saturated rings. The van der Waals surface area contributed by atoms with Crippen LogP contribution in [0.2, 0.25) is 0 Å². The number of H-pyrrole nitrogens is 1. The van der Waals surface area contributed by atoms with Gasteiger partial charge in [0, 0.05) is 0 Å². The van der Waals surface area contributed by atoms with Crippen molar-refractivity contribution in [1.82, 2.24) is 20.4 Å². The zero-order valence-electron chi connectivity index (χ0n) is 5.70. The second-order valence-electron chi connectivity index (χ2n) is 1.76. The monoisotopic (exact) mass is 198 g/mol. The van der Waals surface area contributed by atoms with E-state index in [9.17, 15) is 22.8 Å². The van der Waals surface area contributed by atoms with E-state index in [0.29, 0.717) is 0 Å². The van der Waals surface area contributed by atoms with Crippen LogP contribution in [0.5, 0.6) is 0 Å². The lowest BCUT2D eigenvalue weighted by Gasteiger charge is -2.02. The van der Waals surface area contributed by atoms with E-state index in [1.807, 2.05) is 0 Å². The Bertz CT molecular complexity index is 364. The molecule has 0 unspecified atom stereocenters. The Labute approximate surface area is 67.0 Å². The van der Waals surface area contributed by atoms with Gasteiger partial charge in [0.25, 0.3) is 0 Å². The van der Waals surface area contributed by atoms with E-state index in [2.05, 4.69) is 15.3 Å². The van der Waals surface area contributed by atoms with Crippen LogP contribution in [0.4, 0.5) is 13.2 Å². The maximum absolute atomic E-state index is 11.5. The molecule has 0 aromatic carbocycles. The summed E-state index contributed by atoms with van der Waals surface area (Å²) in [6.07, 6.45) is -5.18. The van der Waals surface area contributed by atoms with E-state index in [0.717, 1.165) is 0 Å². The summed E-state index contributed by atoms with van der Waals surface area (Å²) in [7, 11) is 0. The average Bonchev–Trinajstić information content (AvgIpc) is 2.34. The molecule has 7 nitrogen and oxygen atoms in total. The number of hydrogen-bond donors (Lipinski definition) is 1. The molecule has 0 saturated carbocycles. The molecular formula is C3HF3N4O3. The minimum absolute atomic E-state index is 0.212. The highest BCUT2D eigenvalue weighted by atomic mass is 19.4. The van der Waals surface area contributed by atoms with E-state index in [1.165, 1.54) is 0 Å². The van der Waals surface area contributed by atoms with Gasteiger partial charge >= 0.3 is 17.8 Å². The first-order chi connectivity index (χ1) is 5.91. The Hall–Kier alpha value is -1.87. The van der Waals surface area contributed by atoms with Gasteiger partial charge in [0.15, 0.2) is 0 Å². The number of aromatic nitrogens is 4. The van der Waals surface area contributed by atoms with E-state index in [1.54, 1.807) is 5.10 Å². The van der Waals surface area contributed by atoms with Crippen molar-refractivity contribution >= 4 is 5.97 Å². The number of nitrogens with one attached hydrogen (secondary N) is 1. The standard InChI is InChI=1S/C3HF3N4O3/c4-3(5,6)1(11)13-10-2(12)7-8-9-10/h(H,7,9,12). The quantitative estimate of drug-likeness (QED) is 0.553. The van der Waals surface area contributed by atoms with Crippen LogP contribution in [-0.2, 0) is 4.79 Å². The number of halogens is 3. The van der Waals surface area contributed by atoms with Crippen LogP contribution in [0.3, 0.4) is 0 Å². The molecule has 0 aliphatic rings. The predicted molar refractivity (Wildman–Crippen MR) is 28.3 cm³/mol. The Morgan fingerprint density at radius 2 is 2.15 bits per heavy atom. The maximum atomic E-state index is 11.5. The predicted octanol–water partition coefficient (Wildman–Crippen LogP) is -1.52. The molecule has 0 aliphatic heterocycles. The van der Waals surface area contributed by atoms with Crippen LogP contribution in [-0.4, -0.2) is 32.5 Å². The van der Waals surface area contributed by atoms with Gasteiger partial charge in [-0.25, -0.2) is 14.7 Å². The molecule has 72 valence electrons. The molecule has 1 rings (SSSR count). The molecule has 0 atom stereocenters. The summed E-state index contributed by atoms with van der Waals surface area (Å²) >= 11 is 0. The molecule has 0 amide bonds. The average molecular weight is 198 g/mol. The van der Waals surface area contributed by atoms with Crippen LogP contribution in [0.25, 0.3) is 0 Å². The first-order valence-corrected chi connectivity index (χ1v) is 2.71. The lowest BCUT2D eigenvalue weighted by Crippen LogP contribution is -2.38. The van der Waals surface area contributed by atoms with Gasteiger partial charge < -0.3 is 4.84 Å². The molecule has 0 radical (unpaired) electrons. The summed E-state index contributed by atoms with van der Waals surface area (Å²) < 4.78 is 34.6. The van der Waals surface area contributed by atoms with Crippen LogP contribution in [0.15, 0.2) is 4.79 Å². The summed E-state index contributed by atoms with van der Waals surface area (Å²) in [6, 6.07) is 0. The van der Waals surface area contributed by atoms with E-state index in [4.69, 9.17) is 0 Å². The van der Waals surface area contributed by atoms with Crippen molar-refractivity contribution in [2.45, 2.75) is 6.18 Å². The summed E-state index contributed by atoms with van der Waals surface area (Å²) in [5.74, 6) is -2.55. The van der Waals surface area contributed by atoms with Crippen molar-refractivity contribution in [2.75, 3.05) is 0 Å². The van der Waals surface area contributed by atoms with Crippen molar-refractivity contribution in [3.05, 3.63) is 10.5 Å². The Balaban J connectivity index is 2.77. The smallest absolute Gasteiger partial charge is 0.303 e. The summed E-state index contributed by atoms with van der Waals surface area (Å²) in [5, 5.41) is 7.14. The molecule has 0 spiro atoms. The number of carbonyl (C=O) groups is 1. The fourth-order valence-electron chi connectivity index (χ4n) is 0.379. The maximum Gasteiger partial charge on any atom is 0.493 e. The Morgan fingerprint density at radius 3 is 2.54 bits per heavy atom. The van der Waals surface area contributed by atoms with Crippen LogP contribution >= 0.6 is 0 Å². The third-order valence-corrected chi connectivity index (χ3v) is 0.846. The second-order valence-corrected chi connectivity index (χ2v) is 1.76. The summed E-state index contributed by atoms with van der Waals surface area (Å²) in [5.41, 5.74) is -1.18. The first kappa shape index (κ1) is 9.22. The first-order valence-electron chi connectivity index (χ1n) is 2.71. The highest BCUT2D eigenvalue weighted by Crippen LogP contribution is 2.14. The number of alkyl halides is 3. The highest BCUT2D eigenvalue weighted by molar-refractivity contribution is 5.75. The normalized spacial score (nSPS) is 11.3. The zero-order chi connectivity index (χ0) is 10.1. The topological polar surface area (TPSA) is 89.9 Å². The van der Waals surface area contributed by atoms with Crippen LogP contribution in [0, 0.1) is 0 Å². The molecule has 10 heteroatoms. The number of hydrogen-bond acceptors (Lipinski definition) is 5. The van der Waals surface area contributed by atoms with Crippen molar-refractivity contribution in [3.8, 4) is 0 Å². The van der Waals surface area contributed by atoms with Crippen molar-refractivity contribution in [1.29, 1.82) is 0 Å². The zero-order valence-corrected chi connectivity index (χ0v) is 5.70. The SMILES string of the molecule is O=C(On1nn[nH]c1=O)C(F)(F)F. The second kappa shape index (κ2) is 2.88. The number of nitrogens with zero attached hydrogens (tertiary/aromatic N) is 3. The van der Waals surface area contributed by atoms with Gasteiger partial charge in [-0.15, -0.1) is 0 Å². The lowest BCUT2D eigenvalue weighted by molar-refractivity contribution is -0.202. The fourth-order valence-corrected chi connectivity index (χ4v) is 0.379. The molecule has 0 bridgehead atoms. The summed E-state index contributed by atoms with van der Waals surface area (Å²) in [6.45, 7) is 0. The van der Waals surface area contributed by atoms with E-state index < -0.39 is 17.8 Å². The molecule has 0 aliphatic carbocycles.